The topological polar surface area (TPSA) is 41.5 Å². The molecule has 1 aromatic heterocycles. The molecule has 3 rings (SSSR count). The first kappa shape index (κ1) is 16.6. The minimum absolute atomic E-state index is 0.289. The Morgan fingerprint density at radius 3 is 2.46 bits per heavy atom. The zero-order chi connectivity index (χ0) is 17.1. The van der Waals surface area contributed by atoms with Gasteiger partial charge in [0.05, 0.1) is 12.8 Å². The van der Waals surface area contributed by atoms with E-state index in [1.807, 2.05) is 13.0 Å². The van der Waals surface area contributed by atoms with Crippen molar-refractivity contribution < 1.29 is 9.13 Å². The summed E-state index contributed by atoms with van der Waals surface area (Å²) in [4.78, 5) is 4.58. The van der Waals surface area contributed by atoms with E-state index >= 15 is 0 Å². The summed E-state index contributed by atoms with van der Waals surface area (Å²) in [6.45, 7) is 8.41. The van der Waals surface area contributed by atoms with Gasteiger partial charge in [-0.25, -0.2) is 4.39 Å². The van der Waals surface area contributed by atoms with Gasteiger partial charge in [0.15, 0.2) is 17.4 Å². The Morgan fingerprint density at radius 1 is 1.08 bits per heavy atom. The van der Waals surface area contributed by atoms with Crippen LogP contribution in [0, 0.1) is 19.7 Å². The van der Waals surface area contributed by atoms with Crippen LogP contribution in [-0.2, 0) is 6.54 Å². The van der Waals surface area contributed by atoms with E-state index in [1.54, 1.807) is 12.1 Å². The maximum Gasteiger partial charge on any atom is 0.165 e. The van der Waals surface area contributed by atoms with Crippen molar-refractivity contribution >= 4 is 5.82 Å². The minimum Gasteiger partial charge on any atom is -0.494 e. The van der Waals surface area contributed by atoms with Gasteiger partial charge in [0, 0.05) is 32.7 Å². The highest BCUT2D eigenvalue weighted by Crippen LogP contribution is 2.20. The molecule has 0 aliphatic carbocycles. The average Bonchev–Trinajstić information content (AvgIpc) is 2.58. The highest BCUT2D eigenvalue weighted by molar-refractivity contribution is 5.41. The second-order valence-corrected chi connectivity index (χ2v) is 6.20. The van der Waals surface area contributed by atoms with Crippen molar-refractivity contribution in [1.29, 1.82) is 0 Å². The van der Waals surface area contributed by atoms with Gasteiger partial charge in [0.25, 0.3) is 0 Å². The first-order valence-electron chi connectivity index (χ1n) is 8.17. The molecule has 6 heteroatoms. The molecule has 1 aliphatic rings. The zero-order valence-electron chi connectivity index (χ0n) is 14.4. The predicted octanol–water partition coefficient (Wildman–Crippen LogP) is 2.56. The number of aryl methyl sites for hydroxylation is 2. The number of anilines is 1. The molecule has 2 heterocycles. The van der Waals surface area contributed by atoms with E-state index in [9.17, 15) is 4.39 Å². The summed E-state index contributed by atoms with van der Waals surface area (Å²) in [5.41, 5.74) is 3.10. The van der Waals surface area contributed by atoms with Gasteiger partial charge in [0.2, 0.25) is 0 Å². The summed E-state index contributed by atoms with van der Waals surface area (Å²) in [7, 11) is 1.48. The predicted molar refractivity (Wildman–Crippen MR) is 91.9 cm³/mol. The van der Waals surface area contributed by atoms with E-state index in [0.29, 0.717) is 0 Å². The van der Waals surface area contributed by atoms with Crippen LogP contribution in [0.3, 0.4) is 0 Å². The molecule has 0 unspecified atom stereocenters. The van der Waals surface area contributed by atoms with Gasteiger partial charge >= 0.3 is 0 Å². The van der Waals surface area contributed by atoms with Gasteiger partial charge in [-0.1, -0.05) is 6.07 Å². The van der Waals surface area contributed by atoms with Gasteiger partial charge < -0.3 is 9.64 Å². The molecule has 0 amide bonds. The van der Waals surface area contributed by atoms with E-state index in [4.69, 9.17) is 4.74 Å². The molecule has 1 fully saturated rings. The molecule has 0 N–H and O–H groups in total. The first-order valence-corrected chi connectivity index (χ1v) is 8.17. The highest BCUT2D eigenvalue weighted by atomic mass is 19.1. The molecule has 24 heavy (non-hydrogen) atoms. The average molecular weight is 330 g/mol. The van der Waals surface area contributed by atoms with Crippen LogP contribution in [-0.4, -0.2) is 48.4 Å². The van der Waals surface area contributed by atoms with E-state index in [-0.39, 0.29) is 11.6 Å². The van der Waals surface area contributed by atoms with Crippen molar-refractivity contribution in [3.8, 4) is 5.75 Å². The SMILES string of the molecule is COc1ccc(CN2CCN(c3cc(C)c(C)nn3)CC2)cc1F. The smallest absolute Gasteiger partial charge is 0.165 e. The Labute approximate surface area is 142 Å². The Balaban J connectivity index is 1.58. The number of hydrogen-bond acceptors (Lipinski definition) is 5. The monoisotopic (exact) mass is 330 g/mol. The summed E-state index contributed by atoms with van der Waals surface area (Å²) in [6.07, 6.45) is 0. The second-order valence-electron chi connectivity index (χ2n) is 6.20. The lowest BCUT2D eigenvalue weighted by atomic mass is 10.1. The molecular formula is C18H23FN4O. The van der Waals surface area contributed by atoms with Crippen molar-refractivity contribution in [2.45, 2.75) is 20.4 Å². The summed E-state index contributed by atoms with van der Waals surface area (Å²) in [5.74, 6) is 0.921. The van der Waals surface area contributed by atoms with Gasteiger partial charge in [-0.05, 0) is 43.2 Å². The lowest BCUT2D eigenvalue weighted by Crippen LogP contribution is -2.46. The van der Waals surface area contributed by atoms with E-state index in [1.165, 1.54) is 7.11 Å². The number of nitrogens with zero attached hydrogens (tertiary/aromatic N) is 4. The number of halogens is 1. The molecule has 0 saturated carbocycles. The summed E-state index contributed by atoms with van der Waals surface area (Å²) in [6, 6.07) is 7.26. The molecule has 0 spiro atoms. The number of hydrogen-bond donors (Lipinski definition) is 0. The van der Waals surface area contributed by atoms with Crippen LogP contribution < -0.4 is 9.64 Å². The Kier molecular flexibility index (Phi) is 4.94. The van der Waals surface area contributed by atoms with Gasteiger partial charge in [-0.15, -0.1) is 5.10 Å². The summed E-state index contributed by atoms with van der Waals surface area (Å²) in [5, 5.41) is 8.50. The lowest BCUT2D eigenvalue weighted by molar-refractivity contribution is 0.248. The third kappa shape index (κ3) is 3.64. The van der Waals surface area contributed by atoms with E-state index < -0.39 is 0 Å². The van der Waals surface area contributed by atoms with Gasteiger partial charge in [-0.3, -0.25) is 4.90 Å². The molecule has 0 atom stereocenters. The quantitative estimate of drug-likeness (QED) is 0.862. The van der Waals surface area contributed by atoms with E-state index in [0.717, 1.165) is 55.4 Å². The summed E-state index contributed by atoms with van der Waals surface area (Å²) < 4.78 is 18.8. The molecule has 1 saturated heterocycles. The van der Waals surface area contributed by atoms with Crippen molar-refractivity contribution in [3.63, 3.8) is 0 Å². The first-order chi connectivity index (χ1) is 11.6. The number of rotatable bonds is 4. The molecule has 0 bridgehead atoms. The summed E-state index contributed by atoms with van der Waals surface area (Å²) >= 11 is 0. The highest BCUT2D eigenvalue weighted by Gasteiger charge is 2.19. The molecular weight excluding hydrogens is 307 g/mol. The van der Waals surface area contributed by atoms with Crippen LogP contribution in [0.1, 0.15) is 16.8 Å². The van der Waals surface area contributed by atoms with Crippen LogP contribution >= 0.6 is 0 Å². The van der Waals surface area contributed by atoms with Crippen LogP contribution in [0.2, 0.25) is 0 Å². The minimum atomic E-state index is -0.306. The van der Waals surface area contributed by atoms with Crippen LogP contribution in [0.25, 0.3) is 0 Å². The van der Waals surface area contributed by atoms with Gasteiger partial charge in [-0.2, -0.15) is 5.10 Å². The molecule has 2 aromatic rings. The van der Waals surface area contributed by atoms with Crippen LogP contribution in [0.5, 0.6) is 5.75 Å². The number of ether oxygens (including phenoxy) is 1. The lowest BCUT2D eigenvalue weighted by Gasteiger charge is -2.35. The second kappa shape index (κ2) is 7.13. The fourth-order valence-corrected chi connectivity index (χ4v) is 2.89. The van der Waals surface area contributed by atoms with Crippen molar-refractivity contribution in [3.05, 3.63) is 46.9 Å². The van der Waals surface area contributed by atoms with Crippen LogP contribution in [0.15, 0.2) is 24.3 Å². The van der Waals surface area contributed by atoms with Crippen molar-refractivity contribution in [1.82, 2.24) is 15.1 Å². The van der Waals surface area contributed by atoms with Crippen molar-refractivity contribution in [2.75, 3.05) is 38.2 Å². The Hall–Kier alpha value is -2.21. The molecule has 0 radical (unpaired) electrons. The Bertz CT molecular complexity index is 714. The third-order valence-electron chi connectivity index (χ3n) is 4.54. The maximum atomic E-state index is 13.8. The molecule has 1 aliphatic heterocycles. The van der Waals surface area contributed by atoms with Gasteiger partial charge in [0.1, 0.15) is 0 Å². The molecule has 5 nitrogen and oxygen atoms in total. The fourth-order valence-electron chi connectivity index (χ4n) is 2.89. The number of aromatic nitrogens is 2. The van der Waals surface area contributed by atoms with E-state index in [2.05, 4.69) is 33.0 Å². The zero-order valence-corrected chi connectivity index (χ0v) is 14.4. The normalized spacial score (nSPS) is 15.6. The largest absolute Gasteiger partial charge is 0.494 e. The molecule has 1 aromatic carbocycles. The fraction of sp³-hybridized carbons (Fsp3) is 0.444. The number of benzene rings is 1. The van der Waals surface area contributed by atoms with Crippen LogP contribution in [0.4, 0.5) is 10.2 Å². The Morgan fingerprint density at radius 2 is 1.83 bits per heavy atom. The molecule has 128 valence electrons. The maximum absolute atomic E-state index is 13.8. The number of methoxy groups -OCH3 is 1. The third-order valence-corrected chi connectivity index (χ3v) is 4.54. The standard InChI is InChI=1S/C18H23FN4O/c1-13-10-18(21-20-14(13)2)23-8-6-22(7-9-23)12-15-4-5-17(24-3)16(19)11-15/h4-5,10-11H,6-9,12H2,1-3H3. The van der Waals surface area contributed by atoms with Crippen molar-refractivity contribution in [2.24, 2.45) is 0 Å². The number of piperazine rings is 1.